The van der Waals surface area contributed by atoms with Gasteiger partial charge in [0.25, 0.3) is 0 Å². The lowest BCUT2D eigenvalue weighted by molar-refractivity contribution is -0.125. The van der Waals surface area contributed by atoms with Crippen molar-refractivity contribution in [2.75, 3.05) is 7.05 Å². The van der Waals surface area contributed by atoms with Gasteiger partial charge in [0.1, 0.15) is 0 Å². The molecule has 0 saturated heterocycles. The first kappa shape index (κ1) is 8.49. The van der Waals surface area contributed by atoms with Crippen LogP contribution in [0.25, 0.3) is 0 Å². The van der Waals surface area contributed by atoms with Crippen LogP contribution in [0.15, 0.2) is 0 Å². The third kappa shape index (κ3) is 2.17. The normalized spacial score (nSPS) is 30.4. The number of aliphatic hydroxyl groups excluding tert-OH is 1. The summed E-state index contributed by atoms with van der Waals surface area (Å²) in [7, 11) is 1.66. The van der Waals surface area contributed by atoms with Gasteiger partial charge in [-0.3, -0.25) is 10.2 Å². The quantitative estimate of drug-likeness (QED) is 0.470. The number of hydrogen-bond acceptors (Lipinski definition) is 3. The molecule has 2 unspecified atom stereocenters. The van der Waals surface area contributed by atoms with E-state index in [0.717, 1.165) is 12.8 Å². The predicted molar refractivity (Wildman–Crippen MR) is 40.6 cm³/mol. The molecule has 11 heavy (non-hydrogen) atoms. The second-order valence-electron chi connectivity index (χ2n) is 2.90. The molecular weight excluding hydrogens is 144 g/mol. The molecule has 1 fully saturated rings. The fourth-order valence-electron chi connectivity index (χ4n) is 1.42. The van der Waals surface area contributed by atoms with Crippen LogP contribution in [-0.2, 0) is 4.79 Å². The highest BCUT2D eigenvalue weighted by atomic mass is 16.3. The average molecular weight is 158 g/mol. The van der Waals surface area contributed by atoms with Gasteiger partial charge in [-0.05, 0) is 19.3 Å². The summed E-state index contributed by atoms with van der Waals surface area (Å²) in [5.74, 6) is -0.0125. The van der Waals surface area contributed by atoms with Crippen LogP contribution in [0.5, 0.6) is 0 Å². The van der Waals surface area contributed by atoms with E-state index in [1.165, 1.54) is 0 Å². The van der Waals surface area contributed by atoms with Gasteiger partial charge in [0.2, 0.25) is 5.91 Å². The van der Waals surface area contributed by atoms with Crippen molar-refractivity contribution in [1.82, 2.24) is 10.9 Å². The van der Waals surface area contributed by atoms with Crippen LogP contribution in [-0.4, -0.2) is 24.2 Å². The van der Waals surface area contributed by atoms with Crippen LogP contribution in [0, 0.1) is 5.92 Å². The maximum Gasteiger partial charge on any atom is 0.237 e. The molecule has 64 valence electrons. The third-order valence-electron chi connectivity index (χ3n) is 2.02. The molecular formula is C7H14N2O2. The standard InChI is InChI=1S/C7H14N2O2/c1-8-9-7(11)5-2-3-6(10)4-5/h5-6,8,10H,2-4H2,1H3,(H,9,11). The zero-order chi connectivity index (χ0) is 8.27. The minimum Gasteiger partial charge on any atom is -0.393 e. The van der Waals surface area contributed by atoms with E-state index < -0.39 is 0 Å². The largest absolute Gasteiger partial charge is 0.393 e. The number of carbonyl (C=O) groups is 1. The Hall–Kier alpha value is -0.610. The van der Waals surface area contributed by atoms with Gasteiger partial charge in [0, 0.05) is 13.0 Å². The summed E-state index contributed by atoms with van der Waals surface area (Å²) in [6.07, 6.45) is 1.88. The van der Waals surface area contributed by atoms with Crippen molar-refractivity contribution in [2.45, 2.75) is 25.4 Å². The van der Waals surface area contributed by atoms with Gasteiger partial charge in [-0.2, -0.15) is 0 Å². The maximum absolute atomic E-state index is 11.1. The van der Waals surface area contributed by atoms with Gasteiger partial charge < -0.3 is 5.11 Å². The zero-order valence-electron chi connectivity index (χ0n) is 6.63. The Balaban J connectivity index is 2.31. The highest BCUT2D eigenvalue weighted by molar-refractivity contribution is 5.78. The van der Waals surface area contributed by atoms with Crippen LogP contribution < -0.4 is 10.9 Å². The Kier molecular flexibility index (Phi) is 2.84. The fraction of sp³-hybridized carbons (Fsp3) is 0.857. The van der Waals surface area contributed by atoms with Crippen LogP contribution >= 0.6 is 0 Å². The van der Waals surface area contributed by atoms with E-state index in [-0.39, 0.29) is 17.9 Å². The number of nitrogens with one attached hydrogen (secondary N) is 2. The zero-order valence-corrected chi connectivity index (χ0v) is 6.63. The fourth-order valence-corrected chi connectivity index (χ4v) is 1.42. The van der Waals surface area contributed by atoms with Crippen LogP contribution in [0.4, 0.5) is 0 Å². The molecule has 2 atom stereocenters. The lowest BCUT2D eigenvalue weighted by atomic mass is 10.1. The molecule has 3 N–H and O–H groups in total. The third-order valence-corrected chi connectivity index (χ3v) is 2.02. The Morgan fingerprint density at radius 2 is 2.27 bits per heavy atom. The molecule has 4 heteroatoms. The number of hydrogen-bond donors (Lipinski definition) is 3. The van der Waals surface area contributed by atoms with E-state index in [1.54, 1.807) is 7.05 Å². The number of hydrazine groups is 1. The molecule has 0 aromatic heterocycles. The molecule has 1 aliphatic rings. The summed E-state index contributed by atoms with van der Waals surface area (Å²) in [4.78, 5) is 11.1. The van der Waals surface area contributed by atoms with Crippen molar-refractivity contribution < 1.29 is 9.90 Å². The first-order valence-corrected chi connectivity index (χ1v) is 3.88. The average Bonchev–Trinajstić information content (AvgIpc) is 2.36. The van der Waals surface area contributed by atoms with E-state index >= 15 is 0 Å². The summed E-state index contributed by atoms with van der Waals surface area (Å²) < 4.78 is 0. The van der Waals surface area contributed by atoms with E-state index in [4.69, 9.17) is 5.11 Å². The molecule has 1 aliphatic carbocycles. The highest BCUT2D eigenvalue weighted by Gasteiger charge is 2.28. The summed E-state index contributed by atoms with van der Waals surface area (Å²) >= 11 is 0. The van der Waals surface area contributed by atoms with Crippen LogP contribution in [0.1, 0.15) is 19.3 Å². The number of amides is 1. The first-order chi connectivity index (χ1) is 5.24. The predicted octanol–water partition coefficient (Wildman–Crippen LogP) is -0.602. The van der Waals surface area contributed by atoms with Crippen molar-refractivity contribution in [3.63, 3.8) is 0 Å². The van der Waals surface area contributed by atoms with Crippen molar-refractivity contribution in [3.8, 4) is 0 Å². The monoisotopic (exact) mass is 158 g/mol. The smallest absolute Gasteiger partial charge is 0.237 e. The van der Waals surface area contributed by atoms with Crippen LogP contribution in [0.3, 0.4) is 0 Å². The van der Waals surface area contributed by atoms with Crippen molar-refractivity contribution in [1.29, 1.82) is 0 Å². The van der Waals surface area contributed by atoms with Gasteiger partial charge in [0.15, 0.2) is 0 Å². The van der Waals surface area contributed by atoms with Crippen molar-refractivity contribution >= 4 is 5.91 Å². The molecule has 0 aromatic carbocycles. The number of aliphatic hydroxyl groups is 1. The topological polar surface area (TPSA) is 61.4 Å². The second kappa shape index (κ2) is 3.69. The van der Waals surface area contributed by atoms with E-state index in [0.29, 0.717) is 6.42 Å². The molecule has 0 radical (unpaired) electrons. The summed E-state index contributed by atoms with van der Waals surface area (Å²) in [5.41, 5.74) is 5.09. The van der Waals surface area contributed by atoms with Crippen molar-refractivity contribution in [2.24, 2.45) is 5.92 Å². The lowest BCUT2D eigenvalue weighted by Crippen LogP contribution is -2.38. The molecule has 0 heterocycles. The van der Waals surface area contributed by atoms with Gasteiger partial charge >= 0.3 is 0 Å². The van der Waals surface area contributed by atoms with E-state index in [2.05, 4.69) is 10.9 Å². The maximum atomic E-state index is 11.1. The molecule has 0 bridgehead atoms. The Labute approximate surface area is 65.9 Å². The van der Waals surface area contributed by atoms with Gasteiger partial charge in [-0.25, -0.2) is 5.43 Å². The van der Waals surface area contributed by atoms with Gasteiger partial charge in [-0.1, -0.05) is 0 Å². The molecule has 0 aliphatic heterocycles. The van der Waals surface area contributed by atoms with Crippen molar-refractivity contribution in [3.05, 3.63) is 0 Å². The second-order valence-corrected chi connectivity index (χ2v) is 2.90. The molecule has 1 saturated carbocycles. The Bertz CT molecular complexity index is 149. The number of rotatable bonds is 2. The SMILES string of the molecule is CNNC(=O)C1CCC(O)C1. The molecule has 0 aromatic rings. The number of carbonyl (C=O) groups excluding carboxylic acids is 1. The Morgan fingerprint density at radius 1 is 1.55 bits per heavy atom. The first-order valence-electron chi connectivity index (χ1n) is 3.88. The van der Waals surface area contributed by atoms with Gasteiger partial charge in [0.05, 0.1) is 6.10 Å². The van der Waals surface area contributed by atoms with E-state index in [1.807, 2.05) is 0 Å². The molecule has 0 spiro atoms. The molecule has 4 nitrogen and oxygen atoms in total. The van der Waals surface area contributed by atoms with Gasteiger partial charge in [-0.15, -0.1) is 0 Å². The van der Waals surface area contributed by atoms with Crippen LogP contribution in [0.2, 0.25) is 0 Å². The highest BCUT2D eigenvalue weighted by Crippen LogP contribution is 2.24. The minimum absolute atomic E-state index is 0.00236. The lowest BCUT2D eigenvalue weighted by Gasteiger charge is -2.08. The summed E-state index contributed by atoms with van der Waals surface area (Å²) in [5, 5.41) is 9.12. The Morgan fingerprint density at radius 3 is 2.73 bits per heavy atom. The summed E-state index contributed by atoms with van der Waals surface area (Å²) in [6.45, 7) is 0. The molecule has 1 rings (SSSR count). The minimum atomic E-state index is -0.275. The van der Waals surface area contributed by atoms with E-state index in [9.17, 15) is 4.79 Å². The molecule has 1 amide bonds. The summed E-state index contributed by atoms with van der Waals surface area (Å²) in [6, 6.07) is 0.